The maximum Gasteiger partial charge on any atom is 0.405 e. The summed E-state index contributed by atoms with van der Waals surface area (Å²) in [4.78, 5) is 62.4. The van der Waals surface area contributed by atoms with E-state index in [2.05, 4.69) is 93.6 Å². The third kappa shape index (κ3) is 52.7. The number of ether oxygens (including phenoxy) is 2. The van der Waals surface area contributed by atoms with Crippen molar-refractivity contribution in [2.45, 2.75) is 40.5 Å². The van der Waals surface area contributed by atoms with Gasteiger partial charge in [-0.2, -0.15) is 8.42 Å². The van der Waals surface area contributed by atoms with Crippen LogP contribution in [0.2, 0.25) is 0 Å². The zero-order valence-corrected chi connectivity index (χ0v) is 41.0. The van der Waals surface area contributed by atoms with Crippen molar-refractivity contribution in [1.29, 1.82) is 0 Å². The number of esters is 1. The number of carbonyl (C=O) groups excluding carboxylic acids is 4. The van der Waals surface area contributed by atoms with E-state index in [1.807, 2.05) is 7.05 Å². The van der Waals surface area contributed by atoms with Crippen molar-refractivity contribution in [3.05, 3.63) is 0 Å². The van der Waals surface area contributed by atoms with Crippen LogP contribution in [0.4, 0.5) is 9.59 Å². The lowest BCUT2D eigenvalue weighted by molar-refractivity contribution is -0.144. The molecule has 0 aliphatic heterocycles. The molecule has 0 rings (SSSR count). The number of hydrogen-bond acceptors (Lipinski definition) is 18. The van der Waals surface area contributed by atoms with E-state index >= 15 is 0 Å². The van der Waals surface area contributed by atoms with Gasteiger partial charge in [-0.05, 0) is 12.8 Å². The van der Waals surface area contributed by atoms with Gasteiger partial charge in [-0.15, -0.1) is 4.67 Å². The van der Waals surface area contributed by atoms with Gasteiger partial charge < -0.3 is 55.0 Å². The number of imide groups is 1. The van der Waals surface area contributed by atoms with E-state index in [0.717, 1.165) is 30.7 Å². The van der Waals surface area contributed by atoms with Crippen molar-refractivity contribution in [1.82, 2.24) is 41.7 Å². The molecule has 28 heteroatoms. The Labute approximate surface area is 357 Å². The minimum atomic E-state index is -3.44. The summed E-state index contributed by atoms with van der Waals surface area (Å²) in [7, 11) is 17.0. The molecule has 0 saturated carbocycles. The summed E-state index contributed by atoms with van der Waals surface area (Å²) < 4.78 is 53.5. The molecule has 0 aromatic heterocycles. The fourth-order valence-electron chi connectivity index (χ4n) is 2.46. The molecule has 356 valence electrons. The van der Waals surface area contributed by atoms with Crippen molar-refractivity contribution >= 4 is 71.5 Å². The Balaban J connectivity index is -0.000000110. The van der Waals surface area contributed by atoms with Gasteiger partial charge in [0, 0.05) is 118 Å². The molecule has 0 aliphatic rings. The average Bonchev–Trinajstić information content (AvgIpc) is 3.22. The van der Waals surface area contributed by atoms with E-state index in [4.69, 9.17) is 5.26 Å². The maximum atomic E-state index is 10.9. The highest BCUT2D eigenvalue weighted by Gasteiger charge is 2.19. The SMILES string of the molecule is CCC(CC)=NC.CN=C(NC)OC.CN=C(NC)OC(C)=O.CN=C(NC)OP(C)(=O)OO.CN=C(NC)OS(C)(=O)=O.CNC(=O)N(C)C.CNC(=O)N(C)C(C)=O. The lowest BCUT2D eigenvalue weighted by Gasteiger charge is -2.11. The van der Waals surface area contributed by atoms with Crippen molar-refractivity contribution in [2.24, 2.45) is 25.0 Å². The van der Waals surface area contributed by atoms with Gasteiger partial charge >= 0.3 is 41.8 Å². The normalized spacial score (nSPS) is 11.4. The van der Waals surface area contributed by atoms with Crippen LogP contribution in [0.1, 0.15) is 40.5 Å². The second-order valence-corrected chi connectivity index (χ2v) is 13.7. The topological polar surface area (TPSA) is 326 Å². The van der Waals surface area contributed by atoms with Crippen LogP contribution >= 0.6 is 7.60 Å². The van der Waals surface area contributed by atoms with Crippen LogP contribution in [0.5, 0.6) is 0 Å². The highest BCUT2D eigenvalue weighted by molar-refractivity contribution is 7.86. The first kappa shape index (κ1) is 69.4. The number of aliphatic imine (C=N–C) groups is 5. The Morgan fingerprint density at radius 1 is 0.667 bits per heavy atom. The lowest BCUT2D eigenvalue weighted by Crippen LogP contribution is -2.37. The van der Waals surface area contributed by atoms with Crippen molar-refractivity contribution < 1.29 is 60.3 Å². The molecule has 1 unspecified atom stereocenters. The van der Waals surface area contributed by atoms with E-state index in [-0.39, 0.29) is 42.0 Å². The molecule has 5 amide bonds. The van der Waals surface area contributed by atoms with Gasteiger partial charge in [0.15, 0.2) is 0 Å². The summed E-state index contributed by atoms with van der Waals surface area (Å²) in [6, 6.07) is 0.373. The molecule has 60 heavy (non-hydrogen) atoms. The Hall–Kier alpha value is -5.27. The molecule has 0 bridgehead atoms. The Morgan fingerprint density at radius 2 is 1.05 bits per heavy atom. The number of urea groups is 2. The number of rotatable bonds is 5. The van der Waals surface area contributed by atoms with E-state index in [1.165, 1.54) is 66.7 Å². The number of nitrogens with one attached hydrogen (secondary N) is 6. The van der Waals surface area contributed by atoms with E-state index < -0.39 is 17.7 Å². The fourth-order valence-corrected chi connectivity index (χ4v) is 3.42. The van der Waals surface area contributed by atoms with Crippen LogP contribution in [-0.4, -0.2) is 196 Å². The van der Waals surface area contributed by atoms with Crippen LogP contribution in [0, 0.1) is 0 Å². The van der Waals surface area contributed by atoms with Gasteiger partial charge in [0.2, 0.25) is 5.91 Å². The monoisotopic (exact) mass is 911 g/mol. The molecular formula is C32H74N13O13PS. The molecule has 0 aliphatic carbocycles. The van der Waals surface area contributed by atoms with Crippen molar-refractivity contribution in [3.63, 3.8) is 0 Å². The lowest BCUT2D eigenvalue weighted by atomic mass is 10.2. The van der Waals surface area contributed by atoms with Gasteiger partial charge in [-0.3, -0.25) is 19.5 Å². The largest absolute Gasteiger partial charge is 0.469 e. The molecule has 26 nitrogen and oxygen atoms in total. The molecule has 0 radical (unpaired) electrons. The van der Waals surface area contributed by atoms with Crippen LogP contribution in [-0.2, 0) is 47.1 Å². The molecule has 0 aromatic carbocycles. The maximum absolute atomic E-state index is 10.9. The molecule has 0 heterocycles. The minimum Gasteiger partial charge on any atom is -0.469 e. The third-order valence-corrected chi connectivity index (χ3v) is 6.74. The minimum absolute atomic E-state index is 0.0116. The van der Waals surface area contributed by atoms with Crippen LogP contribution in [0.15, 0.2) is 25.0 Å². The molecule has 7 N–H and O–H groups in total. The molecular weight excluding hydrogens is 837 g/mol. The van der Waals surface area contributed by atoms with Crippen LogP contribution < -0.4 is 31.9 Å². The third-order valence-electron chi connectivity index (χ3n) is 5.48. The molecule has 0 saturated heterocycles. The molecule has 0 fully saturated rings. The van der Waals surface area contributed by atoms with Crippen LogP contribution in [0.25, 0.3) is 0 Å². The number of methoxy groups -OCH3 is 1. The summed E-state index contributed by atoms with van der Waals surface area (Å²) in [5.41, 5.74) is 1.31. The van der Waals surface area contributed by atoms with Gasteiger partial charge in [0.05, 0.1) is 20.0 Å². The second kappa shape index (κ2) is 44.8. The number of hydrogen-bond donors (Lipinski definition) is 7. The van der Waals surface area contributed by atoms with Crippen molar-refractivity contribution in [2.75, 3.05) is 119 Å². The number of amides is 5. The van der Waals surface area contributed by atoms with Crippen molar-refractivity contribution in [3.8, 4) is 0 Å². The fraction of sp³-hybridized carbons (Fsp3) is 0.719. The highest BCUT2D eigenvalue weighted by atomic mass is 32.2. The predicted molar refractivity (Wildman–Crippen MR) is 238 cm³/mol. The summed E-state index contributed by atoms with van der Waals surface area (Å²) in [5, 5.41) is 23.1. The first-order chi connectivity index (χ1) is 27.7. The molecule has 0 aromatic rings. The average molecular weight is 912 g/mol. The summed E-state index contributed by atoms with van der Waals surface area (Å²) in [6.07, 6.45) is 3.16. The summed E-state index contributed by atoms with van der Waals surface area (Å²) in [5.74, 6) is -0.640. The van der Waals surface area contributed by atoms with E-state index in [0.29, 0.717) is 6.02 Å². The molecule has 1 atom stereocenters. The standard InChI is InChI=1S/C6H13N.2C5H10N2O2.C4H11N2O4P.C4H10N2O3S.2C4H10N2O/c1-4-6(5-2)7-3;1-4(8)9-5(6-2)7-3;1-4(8)7(3)5(9)6-2;1-5-4(6-2)9-11(3,8)10-7;1-5-4(6-2)9-10(3,7)8;1-5-4(6-2)7-3;1-5-4(7)6(2)3/h4-5H2,1-3H3;1-3H3,(H,6,7);1-3H3,(H,6,9);7H,1-3H3,(H,5,6);1-3H3,(H,5,6);1-3H3,(H,5,6);1-3H3,(H,5,7). The first-order valence-corrected chi connectivity index (χ1v) is 21.1. The predicted octanol–water partition coefficient (Wildman–Crippen LogP) is 0.850. The number of nitrogens with zero attached hydrogens (tertiary/aromatic N) is 7. The van der Waals surface area contributed by atoms with E-state index in [9.17, 15) is 32.2 Å². The first-order valence-electron chi connectivity index (χ1n) is 17.3. The highest BCUT2D eigenvalue weighted by Crippen LogP contribution is 2.42. The Kier molecular flexibility index (Phi) is 51.8. The van der Waals surface area contributed by atoms with Crippen LogP contribution in [0.3, 0.4) is 0 Å². The number of carbonyl (C=O) groups is 4. The summed E-state index contributed by atoms with van der Waals surface area (Å²) >= 11 is 0. The smallest absolute Gasteiger partial charge is 0.405 e. The number of amidine groups is 4. The Bertz CT molecular complexity index is 1450. The summed E-state index contributed by atoms with van der Waals surface area (Å²) in [6.45, 7) is 8.03. The zero-order chi connectivity index (χ0) is 49.1. The van der Waals surface area contributed by atoms with Gasteiger partial charge in [0.1, 0.15) is 0 Å². The van der Waals surface area contributed by atoms with Gasteiger partial charge in [-0.25, -0.2) is 39.4 Å². The second-order valence-electron chi connectivity index (χ2n) is 10.2. The Morgan fingerprint density at radius 3 is 1.15 bits per heavy atom. The zero-order valence-electron chi connectivity index (χ0n) is 39.2. The van der Waals surface area contributed by atoms with E-state index in [1.54, 1.807) is 56.4 Å². The van der Waals surface area contributed by atoms with Gasteiger partial charge in [-0.1, -0.05) is 13.8 Å². The molecule has 0 spiro atoms. The van der Waals surface area contributed by atoms with Gasteiger partial charge in [0.25, 0.3) is 18.1 Å². The quantitative estimate of drug-likeness (QED) is 0.0382.